The van der Waals surface area contributed by atoms with Crippen LogP contribution in [0.5, 0.6) is 0 Å². The molecule has 31 heavy (non-hydrogen) atoms. The topological polar surface area (TPSA) is 61.8 Å². The average Bonchev–Trinajstić information content (AvgIpc) is 3.05. The van der Waals surface area contributed by atoms with Crippen molar-refractivity contribution in [2.45, 2.75) is 104 Å². The zero-order valence-corrected chi connectivity index (χ0v) is 20.6. The molecular weight excluding hydrogens is 392 g/mol. The van der Waals surface area contributed by atoms with E-state index in [9.17, 15) is 9.59 Å². The first kappa shape index (κ1) is 24.3. The summed E-state index contributed by atoms with van der Waals surface area (Å²) in [6.45, 7) is 13.4. The Morgan fingerprint density at radius 3 is 2.52 bits per heavy atom. The van der Waals surface area contributed by atoms with Crippen LogP contribution in [0, 0.1) is 22.7 Å². The van der Waals surface area contributed by atoms with Gasteiger partial charge in [-0.25, -0.2) is 0 Å². The lowest BCUT2D eigenvalue weighted by molar-refractivity contribution is -0.197. The van der Waals surface area contributed by atoms with Gasteiger partial charge in [-0.1, -0.05) is 47.1 Å². The summed E-state index contributed by atoms with van der Waals surface area (Å²) in [6.07, 6.45) is 9.39. The molecule has 1 heterocycles. The van der Waals surface area contributed by atoms with E-state index in [1.54, 1.807) is 0 Å². The van der Waals surface area contributed by atoms with Crippen LogP contribution in [0.2, 0.25) is 0 Å². The Hall–Kier alpha value is -1.36. The first-order valence-electron chi connectivity index (χ1n) is 12.1. The maximum absolute atomic E-state index is 12.4. The predicted molar refractivity (Wildman–Crippen MR) is 120 cm³/mol. The highest BCUT2D eigenvalue weighted by Gasteiger charge is 2.65. The number of esters is 2. The molecule has 0 radical (unpaired) electrons. The van der Waals surface area contributed by atoms with Crippen LogP contribution in [0.4, 0.5) is 0 Å². The van der Waals surface area contributed by atoms with E-state index in [-0.39, 0.29) is 41.7 Å². The third-order valence-corrected chi connectivity index (χ3v) is 8.83. The fourth-order valence-corrected chi connectivity index (χ4v) is 6.70. The molecule has 5 unspecified atom stereocenters. The van der Waals surface area contributed by atoms with Crippen molar-refractivity contribution in [3.63, 3.8) is 0 Å². The second-order valence-electron chi connectivity index (χ2n) is 11.3. The van der Waals surface area contributed by atoms with Gasteiger partial charge in [-0.05, 0) is 62.4 Å². The van der Waals surface area contributed by atoms with Crippen LogP contribution in [-0.4, -0.2) is 36.9 Å². The van der Waals surface area contributed by atoms with Crippen LogP contribution >= 0.6 is 0 Å². The molecule has 0 bridgehead atoms. The molecule has 2 fully saturated rings. The summed E-state index contributed by atoms with van der Waals surface area (Å²) in [5.41, 5.74) is 0.176. The fourth-order valence-electron chi connectivity index (χ4n) is 6.70. The minimum absolute atomic E-state index is 0.0600. The maximum Gasteiger partial charge on any atom is 0.308 e. The SMILES string of the molecule is CCC(C)C(=O)OCC1=CCC2C(C)(C)CCCC2(C)C12CCC(C)(CC(=O)OC)O2. The summed E-state index contributed by atoms with van der Waals surface area (Å²) < 4.78 is 17.7. The number of allylic oxidation sites excluding steroid dienone is 1. The molecule has 1 spiro atoms. The van der Waals surface area contributed by atoms with Crippen LogP contribution in [0.15, 0.2) is 11.6 Å². The van der Waals surface area contributed by atoms with Gasteiger partial charge in [-0.3, -0.25) is 9.59 Å². The summed E-state index contributed by atoms with van der Waals surface area (Å²) in [7, 11) is 1.43. The van der Waals surface area contributed by atoms with Crippen LogP contribution in [0.3, 0.4) is 0 Å². The summed E-state index contributed by atoms with van der Waals surface area (Å²) >= 11 is 0. The van der Waals surface area contributed by atoms with E-state index >= 15 is 0 Å². The van der Waals surface area contributed by atoms with Gasteiger partial charge in [0.15, 0.2) is 0 Å². The molecule has 2 aliphatic carbocycles. The lowest BCUT2D eigenvalue weighted by atomic mass is 9.46. The monoisotopic (exact) mass is 434 g/mol. The highest BCUT2D eigenvalue weighted by Crippen LogP contribution is 2.66. The van der Waals surface area contributed by atoms with Crippen LogP contribution in [0.1, 0.15) is 92.9 Å². The van der Waals surface area contributed by atoms with Crippen molar-refractivity contribution in [3.05, 3.63) is 11.6 Å². The van der Waals surface area contributed by atoms with Gasteiger partial charge in [0.2, 0.25) is 0 Å². The van der Waals surface area contributed by atoms with Gasteiger partial charge < -0.3 is 14.2 Å². The Balaban J connectivity index is 1.97. The van der Waals surface area contributed by atoms with E-state index in [0.29, 0.717) is 5.92 Å². The van der Waals surface area contributed by atoms with Crippen LogP contribution < -0.4 is 0 Å². The standard InChI is InChI=1S/C26H42O5/c1-8-18(2)22(28)30-17-19-10-11-20-23(3,4)12-9-13-25(20,6)26(19)15-14-24(5,31-26)16-21(27)29-7/h10,18,20H,8-9,11-17H2,1-7H3. The van der Waals surface area contributed by atoms with Crippen molar-refractivity contribution in [2.75, 3.05) is 13.7 Å². The van der Waals surface area contributed by atoms with Crippen molar-refractivity contribution in [3.8, 4) is 0 Å². The Morgan fingerprint density at radius 2 is 1.87 bits per heavy atom. The van der Waals surface area contributed by atoms with Gasteiger partial charge in [-0.2, -0.15) is 0 Å². The van der Waals surface area contributed by atoms with E-state index in [4.69, 9.17) is 14.2 Å². The molecular formula is C26H42O5. The second-order valence-corrected chi connectivity index (χ2v) is 11.3. The predicted octanol–water partition coefficient (Wildman–Crippen LogP) is 5.61. The smallest absolute Gasteiger partial charge is 0.308 e. The molecule has 5 atom stereocenters. The molecule has 3 rings (SSSR count). The Kier molecular flexibility index (Phi) is 6.68. The van der Waals surface area contributed by atoms with Crippen molar-refractivity contribution in [1.29, 1.82) is 0 Å². The van der Waals surface area contributed by atoms with Crippen molar-refractivity contribution in [2.24, 2.45) is 22.7 Å². The molecule has 5 heteroatoms. The lowest BCUT2D eigenvalue weighted by Crippen LogP contribution is -2.60. The molecule has 0 amide bonds. The quantitative estimate of drug-likeness (QED) is 0.402. The third-order valence-electron chi connectivity index (χ3n) is 8.83. The van der Waals surface area contributed by atoms with Gasteiger partial charge in [0, 0.05) is 5.41 Å². The summed E-state index contributed by atoms with van der Waals surface area (Å²) in [5.74, 6) is -0.00527. The minimum Gasteiger partial charge on any atom is -0.469 e. The molecule has 176 valence electrons. The molecule has 0 aromatic rings. The Morgan fingerprint density at radius 1 is 1.16 bits per heavy atom. The van der Waals surface area contributed by atoms with E-state index in [2.05, 4.69) is 26.8 Å². The summed E-state index contributed by atoms with van der Waals surface area (Å²) in [6, 6.07) is 0. The second kappa shape index (κ2) is 8.53. The number of hydrogen-bond donors (Lipinski definition) is 0. The number of rotatable bonds is 6. The van der Waals surface area contributed by atoms with Gasteiger partial charge in [-0.15, -0.1) is 0 Å². The van der Waals surface area contributed by atoms with Crippen molar-refractivity contribution >= 4 is 11.9 Å². The van der Waals surface area contributed by atoms with E-state index in [1.807, 2.05) is 20.8 Å². The average molecular weight is 435 g/mol. The molecule has 1 aliphatic heterocycles. The number of hydrogen-bond acceptors (Lipinski definition) is 5. The first-order chi connectivity index (χ1) is 14.4. The maximum atomic E-state index is 12.4. The number of methoxy groups -OCH3 is 1. The highest BCUT2D eigenvalue weighted by atomic mass is 16.6. The summed E-state index contributed by atoms with van der Waals surface area (Å²) in [5, 5.41) is 0. The number of carbonyl (C=O) groups is 2. The molecule has 1 saturated carbocycles. The van der Waals surface area contributed by atoms with E-state index in [0.717, 1.165) is 37.7 Å². The van der Waals surface area contributed by atoms with Crippen molar-refractivity contribution in [1.82, 2.24) is 0 Å². The first-order valence-corrected chi connectivity index (χ1v) is 12.1. The number of ether oxygens (including phenoxy) is 3. The zero-order valence-electron chi connectivity index (χ0n) is 20.6. The Bertz CT molecular complexity index is 740. The van der Waals surface area contributed by atoms with E-state index in [1.165, 1.54) is 20.0 Å². The molecule has 0 aromatic carbocycles. The number of fused-ring (bicyclic) bond motifs is 2. The lowest BCUT2D eigenvalue weighted by Gasteiger charge is -2.61. The van der Waals surface area contributed by atoms with Gasteiger partial charge in [0.1, 0.15) is 6.61 Å². The van der Waals surface area contributed by atoms with Crippen molar-refractivity contribution < 1.29 is 23.8 Å². The molecule has 5 nitrogen and oxygen atoms in total. The Labute approximate surface area is 188 Å². The van der Waals surface area contributed by atoms with E-state index < -0.39 is 11.2 Å². The van der Waals surface area contributed by atoms with Crippen LogP contribution in [0.25, 0.3) is 0 Å². The molecule has 3 aliphatic rings. The minimum atomic E-state index is -0.570. The zero-order chi connectivity index (χ0) is 23.1. The third kappa shape index (κ3) is 4.19. The van der Waals surface area contributed by atoms with Gasteiger partial charge >= 0.3 is 11.9 Å². The van der Waals surface area contributed by atoms with Gasteiger partial charge in [0.25, 0.3) is 0 Å². The molecule has 0 aromatic heterocycles. The molecule has 0 N–H and O–H groups in total. The fraction of sp³-hybridized carbons (Fsp3) is 0.846. The highest BCUT2D eigenvalue weighted by molar-refractivity contribution is 5.72. The normalized spacial score (nSPS) is 37.6. The van der Waals surface area contributed by atoms with Gasteiger partial charge in [0.05, 0.1) is 30.7 Å². The molecule has 1 saturated heterocycles. The number of carbonyl (C=O) groups excluding carboxylic acids is 2. The largest absolute Gasteiger partial charge is 0.469 e. The summed E-state index contributed by atoms with van der Waals surface area (Å²) in [4.78, 5) is 24.6. The van der Waals surface area contributed by atoms with Crippen LogP contribution in [-0.2, 0) is 23.8 Å².